The largest absolute Gasteiger partial charge is 0.326 e. The molecule has 1 atom stereocenters. The average Bonchev–Trinajstić information content (AvgIpc) is 2.79. The molecule has 0 fully saturated rings. The van der Waals surface area contributed by atoms with Crippen LogP contribution in [0, 0.1) is 5.82 Å². The van der Waals surface area contributed by atoms with Gasteiger partial charge in [0.25, 0.3) is 0 Å². The number of amides is 2. The maximum absolute atomic E-state index is 13.5. The van der Waals surface area contributed by atoms with Crippen molar-refractivity contribution in [2.24, 2.45) is 0 Å². The van der Waals surface area contributed by atoms with Gasteiger partial charge in [-0.2, -0.15) is 4.31 Å². The van der Waals surface area contributed by atoms with Crippen molar-refractivity contribution in [1.82, 2.24) is 4.31 Å². The zero-order valence-corrected chi connectivity index (χ0v) is 18.6. The van der Waals surface area contributed by atoms with E-state index in [1.807, 2.05) is 30.3 Å². The summed E-state index contributed by atoms with van der Waals surface area (Å²) in [6.45, 7) is 0.228. The topological polar surface area (TPSA) is 95.6 Å². The molecule has 4 rings (SSSR count). The van der Waals surface area contributed by atoms with E-state index in [2.05, 4.69) is 10.6 Å². The van der Waals surface area contributed by atoms with E-state index in [1.165, 1.54) is 53.8 Å². The van der Waals surface area contributed by atoms with Gasteiger partial charge >= 0.3 is 0 Å². The van der Waals surface area contributed by atoms with E-state index in [0.717, 1.165) is 5.56 Å². The molecule has 2 N–H and O–H groups in total. The summed E-state index contributed by atoms with van der Waals surface area (Å²) in [5.41, 5.74) is 2.05. The summed E-state index contributed by atoms with van der Waals surface area (Å²) in [4.78, 5) is 24.9. The number of carbonyl (C=O) groups excluding carboxylic acids is 2. The Kier molecular flexibility index (Phi) is 6.26. The smallest absolute Gasteiger partial charge is 0.243 e. The molecule has 7 nitrogen and oxygen atoms in total. The van der Waals surface area contributed by atoms with Crippen LogP contribution in [0.2, 0.25) is 0 Å². The van der Waals surface area contributed by atoms with Gasteiger partial charge in [-0.1, -0.05) is 36.4 Å². The first kappa shape index (κ1) is 22.6. The zero-order valence-electron chi connectivity index (χ0n) is 17.8. The van der Waals surface area contributed by atoms with Gasteiger partial charge in [0.05, 0.1) is 10.8 Å². The fourth-order valence-corrected chi connectivity index (χ4v) is 4.88. The lowest BCUT2D eigenvalue weighted by Crippen LogP contribution is -2.31. The average molecular weight is 468 g/mol. The summed E-state index contributed by atoms with van der Waals surface area (Å²) in [6, 6.07) is 19.0. The van der Waals surface area contributed by atoms with E-state index in [0.29, 0.717) is 11.3 Å². The molecule has 0 radical (unpaired) electrons. The van der Waals surface area contributed by atoms with E-state index < -0.39 is 27.7 Å². The maximum atomic E-state index is 13.5. The number of halogens is 1. The Morgan fingerprint density at radius 1 is 1.09 bits per heavy atom. The van der Waals surface area contributed by atoms with E-state index in [-0.39, 0.29) is 29.5 Å². The van der Waals surface area contributed by atoms with Crippen LogP contribution in [0.4, 0.5) is 15.8 Å². The van der Waals surface area contributed by atoms with Crippen molar-refractivity contribution >= 4 is 33.2 Å². The number of nitrogens with one attached hydrogen (secondary N) is 2. The Morgan fingerprint density at radius 3 is 2.48 bits per heavy atom. The number of rotatable bonds is 6. The summed E-state index contributed by atoms with van der Waals surface area (Å²) in [5.74, 6) is -2.11. The van der Waals surface area contributed by atoms with E-state index in [4.69, 9.17) is 0 Å². The highest BCUT2D eigenvalue weighted by molar-refractivity contribution is 7.89. The van der Waals surface area contributed by atoms with E-state index in [1.54, 1.807) is 0 Å². The fraction of sp³-hybridized carbons (Fsp3) is 0.167. The van der Waals surface area contributed by atoms with Gasteiger partial charge in [0.15, 0.2) is 0 Å². The molecule has 0 aliphatic carbocycles. The van der Waals surface area contributed by atoms with Crippen molar-refractivity contribution in [1.29, 1.82) is 0 Å². The zero-order chi connectivity index (χ0) is 23.6. The molecule has 2 amide bonds. The monoisotopic (exact) mass is 467 g/mol. The minimum Gasteiger partial charge on any atom is -0.326 e. The Bertz CT molecular complexity index is 1300. The summed E-state index contributed by atoms with van der Waals surface area (Å²) in [5, 5.41) is 5.29. The third-order valence-electron chi connectivity index (χ3n) is 5.45. The van der Waals surface area contributed by atoms with E-state index in [9.17, 15) is 22.4 Å². The molecule has 0 saturated carbocycles. The SMILES string of the molecule is CN(Cc1ccccc1)S(=O)(=O)c1ccc(NC(=O)C2CC(=O)Nc3cc(F)ccc32)cc1. The molecule has 3 aromatic carbocycles. The molecular weight excluding hydrogens is 445 g/mol. The van der Waals surface area contributed by atoms with Crippen LogP contribution in [0.15, 0.2) is 77.7 Å². The number of hydrogen-bond donors (Lipinski definition) is 2. The van der Waals surface area contributed by atoms with Crippen molar-refractivity contribution in [2.45, 2.75) is 23.8 Å². The second-order valence-electron chi connectivity index (χ2n) is 7.80. The normalized spacial score (nSPS) is 15.6. The molecular formula is C24H22FN3O4S. The Hall–Kier alpha value is -3.56. The second kappa shape index (κ2) is 9.13. The minimum absolute atomic E-state index is 0.0682. The quantitative estimate of drug-likeness (QED) is 0.578. The Balaban J connectivity index is 1.48. The van der Waals surface area contributed by atoms with Gasteiger partial charge in [0, 0.05) is 31.4 Å². The van der Waals surface area contributed by atoms with Crippen molar-refractivity contribution in [2.75, 3.05) is 17.7 Å². The predicted octanol–water partition coefficient (Wildman–Crippen LogP) is 3.71. The van der Waals surface area contributed by atoms with Crippen molar-refractivity contribution in [3.63, 3.8) is 0 Å². The van der Waals surface area contributed by atoms with Crippen LogP contribution < -0.4 is 10.6 Å². The summed E-state index contributed by atoms with van der Waals surface area (Å²) < 4.78 is 40.5. The third-order valence-corrected chi connectivity index (χ3v) is 7.27. The molecule has 9 heteroatoms. The second-order valence-corrected chi connectivity index (χ2v) is 9.84. The molecule has 1 aliphatic rings. The molecule has 1 aliphatic heterocycles. The Morgan fingerprint density at radius 2 is 1.79 bits per heavy atom. The molecule has 0 bridgehead atoms. The molecule has 1 unspecified atom stereocenters. The third kappa shape index (κ3) is 4.94. The molecule has 33 heavy (non-hydrogen) atoms. The first-order valence-corrected chi connectivity index (χ1v) is 11.7. The van der Waals surface area contributed by atoms with Gasteiger partial charge in [-0.05, 0) is 47.5 Å². The van der Waals surface area contributed by atoms with Crippen LogP contribution in [0.1, 0.15) is 23.5 Å². The highest BCUT2D eigenvalue weighted by Crippen LogP contribution is 2.33. The van der Waals surface area contributed by atoms with Gasteiger partial charge in [0.1, 0.15) is 5.82 Å². The lowest BCUT2D eigenvalue weighted by molar-refractivity contribution is -0.123. The van der Waals surface area contributed by atoms with Crippen LogP contribution in [-0.2, 0) is 26.2 Å². The van der Waals surface area contributed by atoms with Gasteiger partial charge in [-0.25, -0.2) is 12.8 Å². The van der Waals surface area contributed by atoms with Crippen LogP contribution in [0.5, 0.6) is 0 Å². The first-order valence-electron chi connectivity index (χ1n) is 10.2. The standard InChI is InChI=1S/C24H22FN3O4S/c1-28(15-16-5-3-2-4-6-16)33(31,32)19-10-8-18(9-11-19)26-24(30)21-14-23(29)27-22-13-17(25)7-12-20(21)22/h2-13,21H,14-15H2,1H3,(H,26,30)(H,27,29). The summed E-state index contributed by atoms with van der Waals surface area (Å²) in [6.07, 6.45) is -0.0682. The maximum Gasteiger partial charge on any atom is 0.243 e. The van der Waals surface area contributed by atoms with Crippen LogP contribution >= 0.6 is 0 Å². The molecule has 0 spiro atoms. The molecule has 3 aromatic rings. The summed E-state index contributed by atoms with van der Waals surface area (Å²) >= 11 is 0. The van der Waals surface area contributed by atoms with Crippen molar-refractivity contribution in [3.05, 3.63) is 89.7 Å². The number of benzene rings is 3. The lowest BCUT2D eigenvalue weighted by atomic mass is 9.89. The lowest BCUT2D eigenvalue weighted by Gasteiger charge is -2.25. The molecule has 1 heterocycles. The number of anilines is 2. The first-order chi connectivity index (χ1) is 15.7. The number of fused-ring (bicyclic) bond motifs is 1. The van der Waals surface area contributed by atoms with Gasteiger partial charge < -0.3 is 10.6 Å². The minimum atomic E-state index is -3.72. The predicted molar refractivity (Wildman–Crippen MR) is 123 cm³/mol. The molecule has 0 aromatic heterocycles. The van der Waals surface area contributed by atoms with Crippen LogP contribution in [0.25, 0.3) is 0 Å². The fourth-order valence-electron chi connectivity index (χ4n) is 3.72. The summed E-state index contributed by atoms with van der Waals surface area (Å²) in [7, 11) is -2.22. The van der Waals surface area contributed by atoms with Crippen molar-refractivity contribution in [3.8, 4) is 0 Å². The number of sulfonamides is 1. The highest BCUT2D eigenvalue weighted by Gasteiger charge is 2.31. The Labute approximate surface area is 191 Å². The van der Waals surface area contributed by atoms with Crippen molar-refractivity contribution < 1.29 is 22.4 Å². The number of nitrogens with zero attached hydrogens (tertiary/aromatic N) is 1. The molecule has 0 saturated heterocycles. The number of hydrogen-bond acceptors (Lipinski definition) is 4. The number of carbonyl (C=O) groups is 2. The van der Waals surface area contributed by atoms with Gasteiger partial charge in [-0.3, -0.25) is 9.59 Å². The van der Waals surface area contributed by atoms with E-state index >= 15 is 0 Å². The highest BCUT2D eigenvalue weighted by atomic mass is 32.2. The van der Waals surface area contributed by atoms with Crippen LogP contribution in [-0.4, -0.2) is 31.6 Å². The van der Waals surface area contributed by atoms with Crippen LogP contribution in [0.3, 0.4) is 0 Å². The molecule has 170 valence electrons. The van der Waals surface area contributed by atoms with Gasteiger partial charge in [0.2, 0.25) is 21.8 Å². The van der Waals surface area contributed by atoms with Gasteiger partial charge in [-0.15, -0.1) is 0 Å².